The fourth-order valence-corrected chi connectivity index (χ4v) is 4.20. The number of rotatable bonds is 10. The minimum atomic E-state index is -4.99. The monoisotopic (exact) mass is 580 g/mol. The standard InChI is InChI=1S/C25H28FN4O9P/c1-25(2)24(31)30(13-38-40(32,33)34)23-18(39-25)7-6-15(28-23)11-17-16(26)12-27-21(29-17)10-14-8-19(35-3)22(37-5)20(9-14)36-4/h6-9,12H,10-11,13H2,1-5H3,(H2,32,33,34)/i6D,7D. The van der Waals surface area contributed by atoms with E-state index in [1.165, 1.54) is 35.2 Å². The molecule has 0 radical (unpaired) electrons. The molecule has 13 nitrogen and oxygen atoms in total. The van der Waals surface area contributed by atoms with E-state index in [0.29, 0.717) is 22.8 Å². The summed E-state index contributed by atoms with van der Waals surface area (Å²) in [7, 11) is -0.582. The summed E-state index contributed by atoms with van der Waals surface area (Å²) in [5.41, 5.74) is -1.18. The smallest absolute Gasteiger partial charge is 0.471 e. The SMILES string of the molecule is [2H]c1c(Cc2nc(Cc3cc(OC)c(OC)c(OC)c3)ncc2F)nc2c(c1[2H])OC(C)(C)C(=O)N2COP(=O)(O)O. The Morgan fingerprint density at radius 3 is 2.38 bits per heavy atom. The van der Waals surface area contributed by atoms with Crippen molar-refractivity contribution < 1.29 is 49.7 Å². The predicted molar refractivity (Wildman–Crippen MR) is 138 cm³/mol. The number of phosphoric acid groups is 1. The van der Waals surface area contributed by atoms with Gasteiger partial charge in [-0.3, -0.25) is 14.2 Å². The van der Waals surface area contributed by atoms with Crippen LogP contribution < -0.4 is 23.8 Å². The molecule has 0 unspecified atom stereocenters. The first-order valence-corrected chi connectivity index (χ1v) is 13.2. The van der Waals surface area contributed by atoms with Gasteiger partial charge in [-0.25, -0.2) is 23.9 Å². The van der Waals surface area contributed by atoms with Gasteiger partial charge in [0, 0.05) is 18.5 Å². The molecule has 1 aromatic carbocycles. The van der Waals surface area contributed by atoms with Crippen molar-refractivity contribution in [2.75, 3.05) is 33.0 Å². The molecule has 0 spiro atoms. The van der Waals surface area contributed by atoms with Gasteiger partial charge in [0.1, 0.15) is 12.6 Å². The molecule has 4 rings (SSSR count). The molecule has 40 heavy (non-hydrogen) atoms. The number of anilines is 1. The number of ether oxygens (including phenoxy) is 4. The number of fused-ring (bicyclic) bond motifs is 1. The Kier molecular flexibility index (Phi) is 7.48. The van der Waals surface area contributed by atoms with E-state index in [2.05, 4.69) is 19.5 Å². The number of pyridine rings is 1. The fourth-order valence-electron chi connectivity index (χ4n) is 3.93. The van der Waals surface area contributed by atoms with Crippen LogP contribution in [-0.2, 0) is 26.7 Å². The number of halogens is 1. The molecule has 1 aliphatic rings. The number of benzene rings is 1. The summed E-state index contributed by atoms with van der Waals surface area (Å²) >= 11 is 0. The van der Waals surface area contributed by atoms with E-state index in [1.54, 1.807) is 12.1 Å². The highest BCUT2D eigenvalue weighted by Crippen LogP contribution is 2.41. The zero-order chi connectivity index (χ0) is 31.0. The lowest BCUT2D eigenvalue weighted by Crippen LogP contribution is -2.53. The average molecular weight is 581 g/mol. The minimum Gasteiger partial charge on any atom is -0.493 e. The summed E-state index contributed by atoms with van der Waals surface area (Å²) in [6, 6.07) is 2.50. The quantitative estimate of drug-likeness (QED) is 0.338. The van der Waals surface area contributed by atoms with Crippen molar-refractivity contribution >= 4 is 19.5 Å². The van der Waals surface area contributed by atoms with Gasteiger partial charge in [-0.2, -0.15) is 0 Å². The third-order valence-electron chi connectivity index (χ3n) is 5.78. The van der Waals surface area contributed by atoms with E-state index < -0.39 is 44.0 Å². The molecule has 0 fully saturated rings. The topological polar surface area (TPSA) is 163 Å². The molecule has 3 heterocycles. The van der Waals surface area contributed by atoms with Gasteiger partial charge in [-0.15, -0.1) is 0 Å². The normalized spacial score (nSPS) is 15.1. The lowest BCUT2D eigenvalue weighted by Gasteiger charge is -2.37. The van der Waals surface area contributed by atoms with Crippen LogP contribution in [0.15, 0.2) is 30.4 Å². The highest BCUT2D eigenvalue weighted by Gasteiger charge is 2.42. The zero-order valence-corrected chi connectivity index (χ0v) is 23.1. The first kappa shape index (κ1) is 26.4. The van der Waals surface area contributed by atoms with Crippen LogP contribution in [-0.4, -0.2) is 64.3 Å². The van der Waals surface area contributed by atoms with Gasteiger partial charge in [0.2, 0.25) is 5.75 Å². The molecule has 1 aliphatic heterocycles. The van der Waals surface area contributed by atoms with Crippen LogP contribution in [0.5, 0.6) is 23.0 Å². The van der Waals surface area contributed by atoms with E-state index in [0.717, 1.165) is 11.1 Å². The Bertz CT molecular complexity index is 1560. The molecule has 2 aromatic heterocycles. The molecule has 15 heteroatoms. The van der Waals surface area contributed by atoms with Crippen molar-refractivity contribution in [1.82, 2.24) is 15.0 Å². The Morgan fingerprint density at radius 2 is 1.77 bits per heavy atom. The van der Waals surface area contributed by atoms with E-state index in [9.17, 15) is 13.8 Å². The number of aromatic nitrogens is 3. The van der Waals surface area contributed by atoms with Crippen molar-refractivity contribution in [2.45, 2.75) is 32.3 Å². The molecule has 1 amide bonds. The maximum atomic E-state index is 14.9. The highest BCUT2D eigenvalue weighted by molar-refractivity contribution is 7.46. The second kappa shape index (κ2) is 11.3. The molecule has 0 aliphatic carbocycles. The molecule has 2 N–H and O–H groups in total. The Balaban J connectivity index is 1.71. The number of carbonyl (C=O) groups excluding carboxylic acids is 1. The molecule has 214 valence electrons. The van der Waals surface area contributed by atoms with Crippen LogP contribution in [0.1, 0.15) is 39.4 Å². The molecule has 0 bridgehead atoms. The van der Waals surface area contributed by atoms with Gasteiger partial charge in [0.25, 0.3) is 5.91 Å². The number of amides is 1. The summed E-state index contributed by atoms with van der Waals surface area (Å²) < 4.78 is 69.4. The second-order valence-electron chi connectivity index (χ2n) is 9.02. The fraction of sp³-hybridized carbons (Fsp3) is 0.360. The van der Waals surface area contributed by atoms with Crippen LogP contribution in [0.4, 0.5) is 10.2 Å². The molecular weight excluding hydrogens is 550 g/mol. The van der Waals surface area contributed by atoms with E-state index in [4.69, 9.17) is 31.5 Å². The summed E-state index contributed by atoms with van der Waals surface area (Å²) in [5, 5.41) is 0. The average Bonchev–Trinajstić information content (AvgIpc) is 2.93. The summed E-state index contributed by atoms with van der Waals surface area (Å²) in [5.74, 6) is -0.728. The Morgan fingerprint density at radius 1 is 1.10 bits per heavy atom. The Labute approximate surface area is 231 Å². The third-order valence-corrected chi connectivity index (χ3v) is 6.23. The Hall–Kier alpha value is -3.84. The van der Waals surface area contributed by atoms with Crippen molar-refractivity contribution in [2.24, 2.45) is 0 Å². The number of methoxy groups -OCH3 is 3. The minimum absolute atomic E-state index is 0.143. The summed E-state index contributed by atoms with van der Waals surface area (Å²) in [6.45, 7) is 1.85. The molecule has 0 saturated carbocycles. The van der Waals surface area contributed by atoms with Crippen molar-refractivity contribution in [3.05, 3.63) is 59.0 Å². The zero-order valence-electron chi connectivity index (χ0n) is 24.2. The highest BCUT2D eigenvalue weighted by atomic mass is 31.2. The largest absolute Gasteiger partial charge is 0.493 e. The van der Waals surface area contributed by atoms with Gasteiger partial charge in [-0.05, 0) is 43.6 Å². The van der Waals surface area contributed by atoms with Gasteiger partial charge in [0.15, 0.2) is 34.5 Å². The van der Waals surface area contributed by atoms with Crippen LogP contribution in [0, 0.1) is 5.82 Å². The third kappa shape index (κ3) is 6.31. The van der Waals surface area contributed by atoms with Gasteiger partial charge < -0.3 is 28.7 Å². The van der Waals surface area contributed by atoms with Gasteiger partial charge >= 0.3 is 7.82 Å². The predicted octanol–water partition coefficient (Wildman–Crippen LogP) is 2.79. The van der Waals surface area contributed by atoms with Crippen LogP contribution in [0.25, 0.3) is 0 Å². The molecular formula is C25H28FN4O9P. The maximum Gasteiger partial charge on any atom is 0.471 e. The first-order chi connectivity index (χ1) is 19.7. The number of carbonyl (C=O) groups is 1. The van der Waals surface area contributed by atoms with Crippen LogP contribution in [0.3, 0.4) is 0 Å². The van der Waals surface area contributed by atoms with E-state index in [1.807, 2.05) is 0 Å². The van der Waals surface area contributed by atoms with Gasteiger partial charge in [0.05, 0.1) is 36.0 Å². The number of nitrogens with zero attached hydrogens (tertiary/aromatic N) is 4. The van der Waals surface area contributed by atoms with Crippen LogP contribution in [0.2, 0.25) is 0 Å². The number of phosphoric ester groups is 1. The number of hydrogen-bond acceptors (Lipinski definition) is 10. The lowest BCUT2D eigenvalue weighted by molar-refractivity contribution is -0.133. The van der Waals surface area contributed by atoms with Gasteiger partial charge in [-0.1, -0.05) is 0 Å². The molecule has 0 saturated heterocycles. The van der Waals surface area contributed by atoms with Crippen molar-refractivity contribution in [3.8, 4) is 23.0 Å². The molecule has 0 atom stereocenters. The van der Waals surface area contributed by atoms with Crippen molar-refractivity contribution in [1.29, 1.82) is 0 Å². The molecule has 3 aromatic rings. The second-order valence-corrected chi connectivity index (χ2v) is 10.3. The first-order valence-electron chi connectivity index (χ1n) is 12.7. The lowest BCUT2D eigenvalue weighted by atomic mass is 10.1. The summed E-state index contributed by atoms with van der Waals surface area (Å²) in [4.78, 5) is 44.7. The van der Waals surface area contributed by atoms with Crippen molar-refractivity contribution in [3.63, 3.8) is 0 Å². The van der Waals surface area contributed by atoms with E-state index >= 15 is 0 Å². The summed E-state index contributed by atoms with van der Waals surface area (Å²) in [6.07, 6.45) is 0.734. The van der Waals surface area contributed by atoms with E-state index in [-0.39, 0.29) is 41.6 Å². The maximum absolute atomic E-state index is 14.9. The number of hydrogen-bond donors (Lipinski definition) is 2. The van der Waals surface area contributed by atoms with Crippen LogP contribution >= 0.6 is 7.82 Å².